The Morgan fingerprint density at radius 1 is 0.750 bits per heavy atom. The molecule has 0 rings (SSSR count). The average molecular weight is 588 g/mol. The molecule has 0 aliphatic carbocycles. The molecule has 0 aliphatic heterocycles. The maximum absolute atomic E-state index is 11.9. The number of carbonyl (C=O) groups is 1. The molecule has 0 spiro atoms. The van der Waals surface area contributed by atoms with Gasteiger partial charge in [0.05, 0.1) is 19.8 Å². The van der Waals surface area contributed by atoms with Crippen LogP contribution in [-0.4, -0.2) is 49.9 Å². The quantitative estimate of drug-likeness (QED) is 0.0392. The second-order valence-electron chi connectivity index (χ2n) is 9.97. The Bertz CT molecular complexity index is 712. The third kappa shape index (κ3) is 28.3. The minimum absolute atomic E-state index is 0.0964. The molecule has 0 fully saturated rings. The van der Waals surface area contributed by atoms with Crippen molar-refractivity contribution in [3.8, 4) is 0 Å². The van der Waals surface area contributed by atoms with Crippen molar-refractivity contribution in [1.29, 1.82) is 0 Å². The summed E-state index contributed by atoms with van der Waals surface area (Å²) in [5, 5.41) is 0. The van der Waals surface area contributed by atoms with Crippen LogP contribution in [0.5, 0.6) is 0 Å². The van der Waals surface area contributed by atoms with Gasteiger partial charge in [0, 0.05) is 19.6 Å². The van der Waals surface area contributed by atoms with Gasteiger partial charge in [0.25, 0.3) is 0 Å². The van der Waals surface area contributed by atoms with E-state index in [1.54, 1.807) is 0 Å². The zero-order chi connectivity index (χ0) is 29.6. The van der Waals surface area contributed by atoms with E-state index in [9.17, 15) is 14.3 Å². The summed E-state index contributed by atoms with van der Waals surface area (Å²) in [6.07, 6.45) is 30.2. The van der Waals surface area contributed by atoms with Crippen LogP contribution >= 0.6 is 7.82 Å². The van der Waals surface area contributed by atoms with E-state index in [1.807, 2.05) is 6.92 Å². The number of carbonyl (C=O) groups excluding carboxylic acids is 1. The van der Waals surface area contributed by atoms with Gasteiger partial charge in [0.15, 0.2) is 0 Å². The normalized spacial score (nSPS) is 14.4. The monoisotopic (exact) mass is 587 g/mol. The van der Waals surface area contributed by atoms with Crippen LogP contribution in [0.4, 0.5) is 0 Å². The molecule has 0 aromatic carbocycles. The molecule has 0 aromatic heterocycles. The first-order valence-corrected chi connectivity index (χ1v) is 17.0. The zero-order valence-electron chi connectivity index (χ0n) is 25.3. The highest BCUT2D eigenvalue weighted by molar-refractivity contribution is 7.47. The fourth-order valence-corrected chi connectivity index (χ4v) is 4.57. The van der Waals surface area contributed by atoms with Crippen LogP contribution in [0.15, 0.2) is 36.5 Å². The summed E-state index contributed by atoms with van der Waals surface area (Å²) in [6, 6.07) is 0. The Morgan fingerprint density at radius 3 is 1.93 bits per heavy atom. The molecule has 0 saturated heterocycles. The molecule has 0 saturated carbocycles. The fraction of sp³-hybridized carbons (Fsp3) is 0.774. The first-order chi connectivity index (χ1) is 19.4. The number of esters is 1. The number of phosphoric acid groups is 1. The van der Waals surface area contributed by atoms with E-state index in [0.29, 0.717) is 13.0 Å². The van der Waals surface area contributed by atoms with Crippen LogP contribution in [0.25, 0.3) is 0 Å². The van der Waals surface area contributed by atoms with Crippen molar-refractivity contribution in [2.45, 2.75) is 123 Å². The first kappa shape index (κ1) is 38.7. The number of rotatable bonds is 29. The number of unbranched alkanes of at least 4 members (excludes halogenated alkanes) is 10. The standard InChI is InChI=1S/C31H58NO7P/c1-3-5-6-7-8-9-10-11-12-13-14-15-16-17-18-19-20-21-22-23-26-36-28-30(39-31(33)24-4-2)29-38-40(34,35)37-27-25-32/h8-9,11-12,14-15,30H,3-7,10,13,16-29,32H2,1-2H3,(H,34,35)/b9-8-,12-11-,15-14-. The predicted octanol–water partition coefficient (Wildman–Crippen LogP) is 7.96. The molecule has 8 nitrogen and oxygen atoms in total. The van der Waals surface area contributed by atoms with E-state index in [1.165, 1.54) is 57.8 Å². The summed E-state index contributed by atoms with van der Waals surface area (Å²) in [7, 11) is -4.24. The van der Waals surface area contributed by atoms with Crippen LogP contribution in [0, 0.1) is 0 Å². The summed E-state index contributed by atoms with van der Waals surface area (Å²) in [5.74, 6) is -0.390. The number of nitrogens with two attached hydrogens (primary N) is 1. The number of phosphoric ester groups is 1. The van der Waals surface area contributed by atoms with E-state index in [4.69, 9.17) is 24.3 Å². The van der Waals surface area contributed by atoms with E-state index in [-0.39, 0.29) is 38.8 Å². The van der Waals surface area contributed by atoms with Crippen LogP contribution < -0.4 is 5.73 Å². The van der Waals surface area contributed by atoms with Gasteiger partial charge in [-0.05, 0) is 51.4 Å². The van der Waals surface area contributed by atoms with Gasteiger partial charge in [0.1, 0.15) is 6.10 Å². The molecule has 2 unspecified atom stereocenters. The Balaban J connectivity index is 3.78. The molecule has 234 valence electrons. The Hall–Kier alpha value is -1.28. The maximum Gasteiger partial charge on any atom is 0.472 e. The van der Waals surface area contributed by atoms with Crippen molar-refractivity contribution in [3.05, 3.63) is 36.5 Å². The van der Waals surface area contributed by atoms with E-state index < -0.39 is 13.9 Å². The topological polar surface area (TPSA) is 117 Å². The van der Waals surface area contributed by atoms with Gasteiger partial charge < -0.3 is 20.1 Å². The molecule has 0 aromatic rings. The summed E-state index contributed by atoms with van der Waals surface area (Å²) < 4.78 is 32.5. The van der Waals surface area contributed by atoms with Gasteiger partial charge >= 0.3 is 13.8 Å². The molecule has 40 heavy (non-hydrogen) atoms. The van der Waals surface area contributed by atoms with Crippen LogP contribution in [0.3, 0.4) is 0 Å². The Morgan fingerprint density at radius 2 is 1.32 bits per heavy atom. The van der Waals surface area contributed by atoms with Crippen LogP contribution in [0.2, 0.25) is 0 Å². The van der Waals surface area contributed by atoms with Gasteiger partial charge in [-0.25, -0.2) is 4.57 Å². The SMILES string of the molecule is CCCCC/C=C\C/C=C\C/C=C\CCCCCCCCCOCC(COP(=O)(O)OCCN)OC(=O)CCC. The second kappa shape index (κ2) is 29.2. The average Bonchev–Trinajstić information content (AvgIpc) is 2.93. The lowest BCUT2D eigenvalue weighted by Gasteiger charge is -2.19. The smallest absolute Gasteiger partial charge is 0.457 e. The lowest BCUT2D eigenvalue weighted by molar-refractivity contribution is -0.154. The van der Waals surface area contributed by atoms with E-state index in [0.717, 1.165) is 32.1 Å². The lowest BCUT2D eigenvalue weighted by Crippen LogP contribution is -2.28. The Labute approximate surface area is 244 Å². The molecule has 3 N–H and O–H groups in total. The third-order valence-electron chi connectivity index (χ3n) is 6.03. The third-order valence-corrected chi connectivity index (χ3v) is 7.01. The summed E-state index contributed by atoms with van der Waals surface area (Å²) in [4.78, 5) is 21.5. The summed E-state index contributed by atoms with van der Waals surface area (Å²) in [6.45, 7) is 4.47. The maximum atomic E-state index is 11.9. The molecule has 0 radical (unpaired) electrons. The minimum atomic E-state index is -4.24. The molecule has 0 bridgehead atoms. The molecule has 0 amide bonds. The van der Waals surface area contributed by atoms with Crippen molar-refractivity contribution >= 4 is 13.8 Å². The highest BCUT2D eigenvalue weighted by atomic mass is 31.2. The summed E-state index contributed by atoms with van der Waals surface area (Å²) in [5.41, 5.74) is 5.27. The van der Waals surface area contributed by atoms with Crippen molar-refractivity contribution in [3.63, 3.8) is 0 Å². The Kier molecular flexibility index (Phi) is 28.3. The van der Waals surface area contributed by atoms with Crippen molar-refractivity contribution < 1.29 is 32.8 Å². The molecule has 0 aliphatic rings. The predicted molar refractivity (Wildman–Crippen MR) is 164 cm³/mol. The molecule has 2 atom stereocenters. The van der Waals surface area contributed by atoms with Gasteiger partial charge in [-0.2, -0.15) is 0 Å². The van der Waals surface area contributed by atoms with Crippen LogP contribution in [0.1, 0.15) is 117 Å². The largest absolute Gasteiger partial charge is 0.472 e. The van der Waals surface area contributed by atoms with Gasteiger partial charge in [-0.1, -0.05) is 95.2 Å². The van der Waals surface area contributed by atoms with E-state index >= 15 is 0 Å². The van der Waals surface area contributed by atoms with Crippen molar-refractivity contribution in [1.82, 2.24) is 0 Å². The van der Waals surface area contributed by atoms with Crippen LogP contribution in [-0.2, 0) is 27.9 Å². The highest BCUT2D eigenvalue weighted by Gasteiger charge is 2.25. The van der Waals surface area contributed by atoms with Gasteiger partial charge in [-0.3, -0.25) is 13.8 Å². The second-order valence-corrected chi connectivity index (χ2v) is 11.4. The zero-order valence-corrected chi connectivity index (χ0v) is 26.2. The highest BCUT2D eigenvalue weighted by Crippen LogP contribution is 2.43. The summed E-state index contributed by atoms with van der Waals surface area (Å²) >= 11 is 0. The van der Waals surface area contributed by atoms with Crippen molar-refractivity contribution in [2.75, 3.05) is 33.0 Å². The number of allylic oxidation sites excluding steroid dienone is 6. The minimum Gasteiger partial charge on any atom is -0.457 e. The molecule has 0 heterocycles. The molecular weight excluding hydrogens is 529 g/mol. The first-order valence-electron chi connectivity index (χ1n) is 15.5. The van der Waals surface area contributed by atoms with E-state index in [2.05, 4.69) is 43.4 Å². The van der Waals surface area contributed by atoms with Gasteiger partial charge in [-0.15, -0.1) is 0 Å². The number of hydrogen-bond donors (Lipinski definition) is 2. The molecule has 9 heteroatoms. The number of ether oxygens (including phenoxy) is 2. The molecular formula is C31H58NO7P. The lowest BCUT2D eigenvalue weighted by atomic mass is 10.1. The number of hydrogen-bond acceptors (Lipinski definition) is 7. The fourth-order valence-electron chi connectivity index (χ4n) is 3.80. The van der Waals surface area contributed by atoms with Crippen molar-refractivity contribution in [2.24, 2.45) is 5.73 Å². The van der Waals surface area contributed by atoms with Gasteiger partial charge in [0.2, 0.25) is 0 Å².